The molecule has 1 aromatic carbocycles. The van der Waals surface area contributed by atoms with Crippen LogP contribution in [0.4, 0.5) is 18.9 Å². The van der Waals surface area contributed by atoms with E-state index >= 15 is 0 Å². The summed E-state index contributed by atoms with van der Waals surface area (Å²) in [6.07, 6.45) is -6.25. The molecule has 0 aliphatic carbocycles. The average Bonchev–Trinajstić information content (AvgIpc) is 2.42. The summed E-state index contributed by atoms with van der Waals surface area (Å²) in [4.78, 5) is 14.2. The molecule has 0 unspecified atom stereocenters. The molecule has 2 aromatic rings. The smallest absolute Gasteiger partial charge is 0.391 e. The molecule has 1 N–H and O–H groups in total. The Bertz CT molecular complexity index is 691. The molecular formula is C13H11F3N2O4. The SMILES string of the molecule is O=[N+]([O-])c1ccc(OC[C@@H](O)CC(F)(F)F)c2cccnc12. The van der Waals surface area contributed by atoms with Gasteiger partial charge in [0, 0.05) is 17.6 Å². The van der Waals surface area contributed by atoms with E-state index in [9.17, 15) is 28.4 Å². The molecule has 1 atom stereocenters. The Kier molecular flexibility index (Phi) is 4.45. The number of benzene rings is 1. The molecule has 0 fully saturated rings. The molecule has 0 amide bonds. The van der Waals surface area contributed by atoms with Crippen molar-refractivity contribution in [2.75, 3.05) is 6.61 Å². The number of nitro benzene ring substituents is 1. The third-order valence-corrected chi connectivity index (χ3v) is 2.80. The molecule has 0 aliphatic rings. The van der Waals surface area contributed by atoms with Crippen LogP contribution in [0, 0.1) is 10.1 Å². The van der Waals surface area contributed by atoms with Crippen molar-refractivity contribution in [2.24, 2.45) is 0 Å². The van der Waals surface area contributed by atoms with E-state index in [4.69, 9.17) is 4.74 Å². The number of aliphatic hydroxyl groups is 1. The zero-order valence-corrected chi connectivity index (χ0v) is 11.1. The topological polar surface area (TPSA) is 85.5 Å². The average molecular weight is 316 g/mol. The maximum atomic E-state index is 12.1. The van der Waals surface area contributed by atoms with Gasteiger partial charge >= 0.3 is 6.18 Å². The van der Waals surface area contributed by atoms with Gasteiger partial charge in [0.1, 0.15) is 12.4 Å². The summed E-state index contributed by atoms with van der Waals surface area (Å²) in [5.74, 6) is 0.120. The van der Waals surface area contributed by atoms with Crippen molar-refractivity contribution in [3.8, 4) is 5.75 Å². The van der Waals surface area contributed by atoms with Crippen molar-refractivity contribution in [2.45, 2.75) is 18.7 Å². The maximum Gasteiger partial charge on any atom is 0.391 e. The predicted octanol–water partition coefficient (Wildman–Crippen LogP) is 2.84. The van der Waals surface area contributed by atoms with Gasteiger partial charge in [-0.2, -0.15) is 13.2 Å². The Morgan fingerprint density at radius 1 is 1.36 bits per heavy atom. The van der Waals surface area contributed by atoms with Gasteiger partial charge in [0.25, 0.3) is 5.69 Å². The quantitative estimate of drug-likeness (QED) is 0.677. The van der Waals surface area contributed by atoms with E-state index in [1.165, 1.54) is 24.4 Å². The zero-order valence-electron chi connectivity index (χ0n) is 11.1. The Morgan fingerprint density at radius 3 is 2.73 bits per heavy atom. The third-order valence-electron chi connectivity index (χ3n) is 2.80. The second-order valence-corrected chi connectivity index (χ2v) is 4.52. The van der Waals surface area contributed by atoms with Gasteiger partial charge in [-0.25, -0.2) is 4.98 Å². The summed E-state index contributed by atoms with van der Waals surface area (Å²) in [7, 11) is 0. The summed E-state index contributed by atoms with van der Waals surface area (Å²) in [5.41, 5.74) is -0.172. The molecule has 0 radical (unpaired) electrons. The molecule has 0 saturated carbocycles. The van der Waals surface area contributed by atoms with Gasteiger partial charge in [-0.3, -0.25) is 10.1 Å². The first-order chi connectivity index (χ1) is 10.3. The molecule has 1 heterocycles. The Balaban J connectivity index is 2.22. The van der Waals surface area contributed by atoms with Gasteiger partial charge in [0.05, 0.1) is 17.4 Å². The van der Waals surface area contributed by atoms with Gasteiger partial charge in [0.2, 0.25) is 0 Å². The summed E-state index contributed by atoms with van der Waals surface area (Å²) in [6.45, 7) is -0.582. The van der Waals surface area contributed by atoms with Crippen LogP contribution < -0.4 is 4.74 Å². The predicted molar refractivity (Wildman–Crippen MR) is 70.6 cm³/mol. The summed E-state index contributed by atoms with van der Waals surface area (Å²) < 4.78 is 41.5. The lowest BCUT2D eigenvalue weighted by Gasteiger charge is -2.15. The normalized spacial score (nSPS) is 13.1. The first-order valence-electron chi connectivity index (χ1n) is 6.17. The van der Waals surface area contributed by atoms with E-state index in [1.54, 1.807) is 0 Å². The molecule has 0 spiro atoms. The summed E-state index contributed by atoms with van der Waals surface area (Å²) in [6, 6.07) is 5.44. The number of hydrogen-bond acceptors (Lipinski definition) is 5. The number of nitrogens with zero attached hydrogens (tertiary/aromatic N) is 2. The summed E-state index contributed by atoms with van der Waals surface area (Å²) in [5, 5.41) is 20.5. The van der Waals surface area contributed by atoms with Crippen LogP contribution >= 0.6 is 0 Å². The summed E-state index contributed by atoms with van der Waals surface area (Å²) >= 11 is 0. The van der Waals surface area contributed by atoms with Crippen LogP contribution in [-0.2, 0) is 0 Å². The van der Waals surface area contributed by atoms with Crippen LogP contribution in [0.1, 0.15) is 6.42 Å². The van der Waals surface area contributed by atoms with E-state index in [2.05, 4.69) is 4.98 Å². The van der Waals surface area contributed by atoms with Gasteiger partial charge in [-0.1, -0.05) is 0 Å². The minimum atomic E-state index is -4.50. The molecule has 2 rings (SSSR count). The molecule has 9 heteroatoms. The van der Waals surface area contributed by atoms with Crippen molar-refractivity contribution in [1.82, 2.24) is 4.98 Å². The number of pyridine rings is 1. The largest absolute Gasteiger partial charge is 0.490 e. The second kappa shape index (κ2) is 6.14. The molecule has 0 bridgehead atoms. The van der Waals surface area contributed by atoms with Crippen LogP contribution in [-0.4, -0.2) is 33.9 Å². The van der Waals surface area contributed by atoms with Crippen molar-refractivity contribution >= 4 is 16.6 Å². The van der Waals surface area contributed by atoms with E-state index < -0.39 is 30.2 Å². The van der Waals surface area contributed by atoms with Crippen LogP contribution in [0.2, 0.25) is 0 Å². The number of rotatable bonds is 5. The fourth-order valence-electron chi connectivity index (χ4n) is 1.92. The zero-order chi connectivity index (χ0) is 16.3. The molecule has 118 valence electrons. The van der Waals surface area contributed by atoms with Gasteiger partial charge in [-0.15, -0.1) is 0 Å². The van der Waals surface area contributed by atoms with Gasteiger partial charge in [-0.05, 0) is 18.2 Å². The minimum Gasteiger partial charge on any atom is -0.490 e. The first kappa shape index (κ1) is 16.0. The number of aromatic nitrogens is 1. The third kappa shape index (κ3) is 3.82. The Labute approximate surface area is 122 Å². The van der Waals surface area contributed by atoms with E-state index in [0.717, 1.165) is 6.07 Å². The second-order valence-electron chi connectivity index (χ2n) is 4.52. The first-order valence-corrected chi connectivity index (χ1v) is 6.17. The highest BCUT2D eigenvalue weighted by atomic mass is 19.4. The molecule has 1 aromatic heterocycles. The number of nitro groups is 1. The number of non-ortho nitro benzene ring substituents is 1. The van der Waals surface area contributed by atoms with Crippen LogP contribution in [0.3, 0.4) is 0 Å². The highest BCUT2D eigenvalue weighted by Crippen LogP contribution is 2.31. The van der Waals surface area contributed by atoms with Gasteiger partial charge in [0.15, 0.2) is 5.52 Å². The number of fused-ring (bicyclic) bond motifs is 1. The highest BCUT2D eigenvalue weighted by molar-refractivity contribution is 5.91. The molecule has 6 nitrogen and oxygen atoms in total. The lowest BCUT2D eigenvalue weighted by Crippen LogP contribution is -2.25. The number of alkyl halides is 3. The molecule has 0 aliphatic heterocycles. The highest BCUT2D eigenvalue weighted by Gasteiger charge is 2.31. The van der Waals surface area contributed by atoms with Crippen molar-refractivity contribution in [3.63, 3.8) is 0 Å². The number of halogens is 3. The monoisotopic (exact) mass is 316 g/mol. The number of ether oxygens (including phenoxy) is 1. The standard InChI is InChI=1S/C13H11F3N2O4/c14-13(15,16)6-8(19)7-22-11-4-3-10(18(20)21)12-9(11)2-1-5-17-12/h1-5,8,19H,6-7H2/t8-/m0/s1. The van der Waals surface area contributed by atoms with Crippen LogP contribution in [0.15, 0.2) is 30.5 Å². The van der Waals surface area contributed by atoms with Crippen LogP contribution in [0.5, 0.6) is 5.75 Å². The van der Waals surface area contributed by atoms with Crippen molar-refractivity contribution in [3.05, 3.63) is 40.6 Å². The number of aliphatic hydroxyl groups excluding tert-OH is 1. The Morgan fingerprint density at radius 2 is 2.09 bits per heavy atom. The van der Waals surface area contributed by atoms with E-state index in [-0.39, 0.29) is 22.3 Å². The van der Waals surface area contributed by atoms with Crippen LogP contribution in [0.25, 0.3) is 10.9 Å². The molecular weight excluding hydrogens is 305 g/mol. The minimum absolute atomic E-state index is 0.0651. The van der Waals surface area contributed by atoms with E-state index in [1.807, 2.05) is 0 Å². The fourth-order valence-corrected chi connectivity index (χ4v) is 1.92. The van der Waals surface area contributed by atoms with E-state index in [0.29, 0.717) is 0 Å². The lowest BCUT2D eigenvalue weighted by molar-refractivity contribution is -0.383. The number of hydrogen-bond donors (Lipinski definition) is 1. The van der Waals surface area contributed by atoms with Crippen molar-refractivity contribution in [1.29, 1.82) is 0 Å². The fraction of sp³-hybridized carbons (Fsp3) is 0.308. The Hall–Kier alpha value is -2.42. The molecule has 22 heavy (non-hydrogen) atoms. The van der Waals surface area contributed by atoms with Crippen molar-refractivity contribution < 1.29 is 27.9 Å². The molecule has 0 saturated heterocycles. The van der Waals surface area contributed by atoms with Gasteiger partial charge < -0.3 is 9.84 Å². The maximum absolute atomic E-state index is 12.1. The lowest BCUT2D eigenvalue weighted by atomic mass is 10.1.